The highest BCUT2D eigenvalue weighted by Crippen LogP contribution is 2.17. The molecule has 6 heteroatoms. The lowest BCUT2D eigenvalue weighted by molar-refractivity contribution is 0.145. The minimum Gasteiger partial charge on any atom is -0.491 e. The van der Waals surface area contributed by atoms with Crippen LogP contribution in [0.2, 0.25) is 0 Å². The number of halogens is 1. The number of hydrogen-bond acceptors (Lipinski definition) is 5. The van der Waals surface area contributed by atoms with Crippen LogP contribution < -0.4 is 15.4 Å². The van der Waals surface area contributed by atoms with E-state index in [2.05, 4.69) is 21.7 Å². The molecule has 0 bridgehead atoms. The third-order valence-electron chi connectivity index (χ3n) is 2.86. The number of para-hydroxylation sites is 1. The molecule has 0 fully saturated rings. The van der Waals surface area contributed by atoms with E-state index in [1.807, 2.05) is 18.2 Å². The standard InChI is InChI=1S/C14H21N3O2.HI/c1-18-9-10-19-13-6-3-2-5-12(13)11-17-14-15-7-4-8-16-14;/h2-3,5-6H,4,7-11H2,1H3,(H2,15,16,17);1H. The van der Waals surface area contributed by atoms with E-state index in [1.54, 1.807) is 7.11 Å². The first-order valence-electron chi connectivity index (χ1n) is 6.62. The molecule has 1 aliphatic heterocycles. The van der Waals surface area contributed by atoms with Crippen molar-refractivity contribution in [2.24, 2.45) is 4.99 Å². The highest BCUT2D eigenvalue weighted by Gasteiger charge is 2.06. The van der Waals surface area contributed by atoms with Gasteiger partial charge in [0.15, 0.2) is 5.96 Å². The van der Waals surface area contributed by atoms with Crippen molar-refractivity contribution in [3.63, 3.8) is 0 Å². The third-order valence-corrected chi connectivity index (χ3v) is 2.86. The maximum absolute atomic E-state index is 5.69. The first kappa shape index (κ1) is 17.0. The summed E-state index contributed by atoms with van der Waals surface area (Å²) in [4.78, 5) is 4.38. The Labute approximate surface area is 137 Å². The summed E-state index contributed by atoms with van der Waals surface area (Å²) in [5.74, 6) is 1.77. The van der Waals surface area contributed by atoms with E-state index in [-0.39, 0.29) is 24.0 Å². The van der Waals surface area contributed by atoms with E-state index in [1.165, 1.54) is 0 Å². The van der Waals surface area contributed by atoms with Crippen LogP contribution in [0.5, 0.6) is 5.75 Å². The minimum absolute atomic E-state index is 0. The van der Waals surface area contributed by atoms with Gasteiger partial charge in [-0.15, -0.1) is 24.0 Å². The summed E-state index contributed by atoms with van der Waals surface area (Å²) in [7, 11) is 1.67. The van der Waals surface area contributed by atoms with Crippen molar-refractivity contribution in [1.82, 2.24) is 10.6 Å². The molecule has 0 spiro atoms. The third kappa shape index (κ3) is 5.54. The second kappa shape index (κ2) is 9.82. The Balaban J connectivity index is 0.00000200. The number of methoxy groups -OCH3 is 1. The highest BCUT2D eigenvalue weighted by atomic mass is 127. The van der Waals surface area contributed by atoms with E-state index in [4.69, 9.17) is 9.47 Å². The highest BCUT2D eigenvalue weighted by molar-refractivity contribution is 14.0. The zero-order valence-electron chi connectivity index (χ0n) is 11.7. The summed E-state index contributed by atoms with van der Waals surface area (Å²) in [6, 6.07) is 8.01. The van der Waals surface area contributed by atoms with Gasteiger partial charge < -0.3 is 20.1 Å². The molecule has 0 aliphatic carbocycles. The summed E-state index contributed by atoms with van der Waals surface area (Å²) in [5, 5.41) is 6.54. The molecule has 0 saturated heterocycles. The zero-order chi connectivity index (χ0) is 13.3. The molecule has 20 heavy (non-hydrogen) atoms. The van der Waals surface area contributed by atoms with Crippen LogP contribution in [-0.2, 0) is 11.3 Å². The maximum Gasteiger partial charge on any atom is 0.191 e. The van der Waals surface area contributed by atoms with E-state index in [0.29, 0.717) is 19.8 Å². The smallest absolute Gasteiger partial charge is 0.191 e. The van der Waals surface area contributed by atoms with Crippen molar-refractivity contribution in [2.75, 3.05) is 33.4 Å². The Kier molecular flexibility index (Phi) is 8.36. The molecule has 0 radical (unpaired) electrons. The fourth-order valence-corrected chi connectivity index (χ4v) is 1.86. The lowest BCUT2D eigenvalue weighted by Crippen LogP contribution is -2.40. The largest absolute Gasteiger partial charge is 0.491 e. The summed E-state index contributed by atoms with van der Waals surface area (Å²) >= 11 is 0. The van der Waals surface area contributed by atoms with Crippen LogP contribution in [0, 0.1) is 0 Å². The summed E-state index contributed by atoms with van der Waals surface area (Å²) in [5.41, 5.74) is 1.12. The predicted octanol–water partition coefficient (Wildman–Crippen LogP) is 1.77. The van der Waals surface area contributed by atoms with Gasteiger partial charge in [0.05, 0.1) is 6.61 Å². The molecule has 1 aromatic rings. The average Bonchev–Trinajstić information content (AvgIpc) is 2.48. The first-order valence-corrected chi connectivity index (χ1v) is 6.62. The Morgan fingerprint density at radius 3 is 2.90 bits per heavy atom. The SMILES string of the molecule is COCCOc1ccccc1CNC1=NCCCN1.I. The molecule has 2 N–H and O–H groups in total. The molecule has 0 atom stereocenters. The van der Waals surface area contributed by atoms with Crippen LogP contribution >= 0.6 is 24.0 Å². The van der Waals surface area contributed by atoms with Crippen LogP contribution in [-0.4, -0.2) is 39.4 Å². The number of aliphatic imine (C=N–C) groups is 1. The van der Waals surface area contributed by atoms with Gasteiger partial charge in [0.25, 0.3) is 0 Å². The van der Waals surface area contributed by atoms with Gasteiger partial charge in [0, 0.05) is 32.3 Å². The second-order valence-electron chi connectivity index (χ2n) is 4.31. The molecule has 0 unspecified atom stereocenters. The van der Waals surface area contributed by atoms with Crippen LogP contribution in [0.15, 0.2) is 29.3 Å². The van der Waals surface area contributed by atoms with Crippen LogP contribution in [0.4, 0.5) is 0 Å². The monoisotopic (exact) mass is 391 g/mol. The van der Waals surface area contributed by atoms with E-state index in [0.717, 1.165) is 36.8 Å². The molecule has 1 aromatic carbocycles. The Morgan fingerprint density at radius 1 is 1.30 bits per heavy atom. The van der Waals surface area contributed by atoms with Crippen molar-refractivity contribution in [3.05, 3.63) is 29.8 Å². The molecule has 0 aromatic heterocycles. The molecular formula is C14H22IN3O2. The fourth-order valence-electron chi connectivity index (χ4n) is 1.86. The van der Waals surface area contributed by atoms with Crippen LogP contribution in [0.3, 0.4) is 0 Å². The van der Waals surface area contributed by atoms with Gasteiger partial charge in [-0.2, -0.15) is 0 Å². The number of nitrogens with one attached hydrogen (secondary N) is 2. The predicted molar refractivity (Wildman–Crippen MR) is 91.0 cm³/mol. The Morgan fingerprint density at radius 2 is 2.15 bits per heavy atom. The van der Waals surface area contributed by atoms with Gasteiger partial charge in [-0.25, -0.2) is 0 Å². The van der Waals surface area contributed by atoms with E-state index >= 15 is 0 Å². The molecule has 0 saturated carbocycles. The Bertz CT molecular complexity index is 427. The lowest BCUT2D eigenvalue weighted by atomic mass is 10.2. The van der Waals surface area contributed by atoms with E-state index < -0.39 is 0 Å². The summed E-state index contributed by atoms with van der Waals surface area (Å²) in [6.07, 6.45) is 1.10. The molecule has 1 heterocycles. The number of ether oxygens (including phenoxy) is 2. The number of guanidine groups is 1. The molecule has 5 nitrogen and oxygen atoms in total. The maximum atomic E-state index is 5.69. The van der Waals surface area contributed by atoms with Crippen molar-refractivity contribution in [2.45, 2.75) is 13.0 Å². The van der Waals surface area contributed by atoms with Crippen LogP contribution in [0.1, 0.15) is 12.0 Å². The normalized spacial score (nSPS) is 13.8. The second-order valence-corrected chi connectivity index (χ2v) is 4.31. The fraction of sp³-hybridized carbons (Fsp3) is 0.500. The van der Waals surface area contributed by atoms with Crippen molar-refractivity contribution >= 4 is 29.9 Å². The molecule has 1 aliphatic rings. The quantitative estimate of drug-likeness (QED) is 0.574. The van der Waals surface area contributed by atoms with Gasteiger partial charge >= 0.3 is 0 Å². The minimum atomic E-state index is 0. The van der Waals surface area contributed by atoms with Gasteiger partial charge in [-0.05, 0) is 12.5 Å². The summed E-state index contributed by atoms with van der Waals surface area (Å²) in [6.45, 7) is 3.73. The van der Waals surface area contributed by atoms with Gasteiger partial charge in [-0.1, -0.05) is 18.2 Å². The van der Waals surface area contributed by atoms with Crippen LogP contribution in [0.25, 0.3) is 0 Å². The number of rotatable bonds is 6. The van der Waals surface area contributed by atoms with Gasteiger partial charge in [0.1, 0.15) is 12.4 Å². The number of hydrogen-bond donors (Lipinski definition) is 2. The van der Waals surface area contributed by atoms with Gasteiger partial charge in [0.2, 0.25) is 0 Å². The van der Waals surface area contributed by atoms with E-state index in [9.17, 15) is 0 Å². The number of benzene rings is 1. The topological polar surface area (TPSA) is 54.9 Å². The van der Waals surface area contributed by atoms with Crippen molar-refractivity contribution in [1.29, 1.82) is 0 Å². The molecular weight excluding hydrogens is 369 g/mol. The molecule has 0 amide bonds. The first-order chi connectivity index (χ1) is 9.40. The van der Waals surface area contributed by atoms with Gasteiger partial charge in [-0.3, -0.25) is 4.99 Å². The summed E-state index contributed by atoms with van der Waals surface area (Å²) < 4.78 is 10.7. The Hall–Kier alpha value is -1.02. The molecule has 2 rings (SSSR count). The zero-order valence-corrected chi connectivity index (χ0v) is 14.1. The molecule has 112 valence electrons. The van der Waals surface area contributed by atoms with Crippen molar-refractivity contribution in [3.8, 4) is 5.75 Å². The number of nitrogens with zero attached hydrogens (tertiary/aromatic N) is 1. The van der Waals surface area contributed by atoms with Crippen molar-refractivity contribution < 1.29 is 9.47 Å². The lowest BCUT2D eigenvalue weighted by Gasteiger charge is -2.17. The average molecular weight is 391 g/mol.